The van der Waals surface area contributed by atoms with E-state index < -0.39 is 41.9 Å². The molecule has 11 N–H and O–H groups in total. The van der Waals surface area contributed by atoms with Gasteiger partial charge in [-0.3, -0.25) is 19.2 Å². The van der Waals surface area contributed by atoms with E-state index in [2.05, 4.69) is 47.9 Å². The van der Waals surface area contributed by atoms with E-state index in [4.69, 9.17) is 0 Å². The Balaban J connectivity index is 1.92. The molecule has 15 nitrogen and oxygen atoms in total. The van der Waals surface area contributed by atoms with Gasteiger partial charge in [-0.15, -0.1) is 0 Å². The summed E-state index contributed by atoms with van der Waals surface area (Å²) in [5.74, 6) is -1.73. The van der Waals surface area contributed by atoms with Crippen molar-refractivity contribution < 1.29 is 29.4 Å². The molecule has 0 radical (unpaired) electrons. The van der Waals surface area contributed by atoms with Gasteiger partial charge in [0.05, 0.1) is 18.1 Å². The van der Waals surface area contributed by atoms with Crippen LogP contribution in [0.1, 0.15) is 30.4 Å². The number of rotatable bonds is 16. The SMILES string of the molecule is CNCCC[C@@H]1NC(=O)[C@@H](NC)Cc2cc(ccc2O)-c2ccc(O)c(c2)C[C@@H](C(=O)NCCC(NC)C(=O)NC(CNC)CNC)NC1=O. The Morgan fingerprint density at radius 3 is 2.00 bits per heavy atom. The number of hydrogen-bond donors (Lipinski definition) is 11. The van der Waals surface area contributed by atoms with E-state index in [1.807, 2.05) is 14.1 Å². The predicted octanol–water partition coefficient (Wildman–Crippen LogP) is -1.56. The molecule has 4 bridgehead atoms. The molecular formula is C35H55N9O6. The zero-order valence-electron chi connectivity index (χ0n) is 29.7. The maximum absolute atomic E-state index is 13.8. The fraction of sp³-hybridized carbons (Fsp3) is 0.543. The highest BCUT2D eigenvalue weighted by molar-refractivity contribution is 5.93. The number of phenols is 2. The third-order valence-electron chi connectivity index (χ3n) is 8.84. The monoisotopic (exact) mass is 697 g/mol. The van der Waals surface area contributed by atoms with Crippen LogP contribution in [0, 0.1) is 0 Å². The van der Waals surface area contributed by atoms with Gasteiger partial charge in [-0.05, 0) is 108 Å². The molecular weight excluding hydrogens is 642 g/mol. The number of carbonyl (C=O) groups excluding carboxylic acids is 4. The van der Waals surface area contributed by atoms with E-state index in [-0.39, 0.29) is 49.3 Å². The molecule has 3 rings (SSSR count). The van der Waals surface area contributed by atoms with Gasteiger partial charge in [-0.25, -0.2) is 0 Å². The molecule has 2 aromatic carbocycles. The summed E-state index contributed by atoms with van der Waals surface area (Å²) < 4.78 is 0. The zero-order valence-corrected chi connectivity index (χ0v) is 29.7. The molecule has 1 aliphatic rings. The van der Waals surface area contributed by atoms with Gasteiger partial charge in [-0.2, -0.15) is 0 Å². The van der Waals surface area contributed by atoms with Crippen molar-refractivity contribution in [1.82, 2.24) is 47.9 Å². The van der Waals surface area contributed by atoms with Crippen LogP contribution in [0.5, 0.6) is 11.5 Å². The predicted molar refractivity (Wildman–Crippen MR) is 193 cm³/mol. The van der Waals surface area contributed by atoms with Crippen molar-refractivity contribution >= 4 is 23.6 Å². The summed E-state index contributed by atoms with van der Waals surface area (Å²) in [6.45, 7) is 1.89. The Labute approximate surface area is 294 Å². The Hall–Kier alpha value is -4.28. The lowest BCUT2D eigenvalue weighted by Crippen LogP contribution is -2.57. The number of amides is 4. The number of likely N-dealkylation sites (N-methyl/N-ethyl adjacent to an activating group) is 4. The first kappa shape index (κ1) is 40.2. The number of benzene rings is 2. The van der Waals surface area contributed by atoms with Crippen molar-refractivity contribution in [3.05, 3.63) is 47.5 Å². The van der Waals surface area contributed by atoms with E-state index >= 15 is 0 Å². The molecule has 50 heavy (non-hydrogen) atoms. The lowest BCUT2D eigenvalue weighted by molar-refractivity contribution is -0.132. The normalized spacial score (nSPS) is 18.7. The topological polar surface area (TPSA) is 217 Å². The highest BCUT2D eigenvalue weighted by atomic mass is 16.3. The summed E-state index contributed by atoms with van der Waals surface area (Å²) in [7, 11) is 8.71. The highest BCUT2D eigenvalue weighted by Gasteiger charge is 2.30. The average molecular weight is 698 g/mol. The molecule has 0 saturated heterocycles. The second-order valence-corrected chi connectivity index (χ2v) is 12.5. The van der Waals surface area contributed by atoms with Crippen molar-refractivity contribution in [3.8, 4) is 22.6 Å². The molecule has 15 heteroatoms. The van der Waals surface area contributed by atoms with E-state index in [1.54, 1.807) is 51.5 Å². The highest BCUT2D eigenvalue weighted by Crippen LogP contribution is 2.31. The van der Waals surface area contributed by atoms with Gasteiger partial charge in [0.15, 0.2) is 0 Å². The first-order valence-electron chi connectivity index (χ1n) is 17.2. The first-order chi connectivity index (χ1) is 24.0. The molecule has 1 unspecified atom stereocenters. The Morgan fingerprint density at radius 1 is 0.820 bits per heavy atom. The molecule has 4 atom stereocenters. The van der Waals surface area contributed by atoms with Crippen molar-refractivity contribution in [1.29, 1.82) is 0 Å². The van der Waals surface area contributed by atoms with Crippen molar-refractivity contribution in [3.63, 3.8) is 0 Å². The minimum Gasteiger partial charge on any atom is -0.508 e. The largest absolute Gasteiger partial charge is 0.508 e. The van der Waals surface area contributed by atoms with Crippen LogP contribution in [-0.4, -0.2) is 125 Å². The second-order valence-electron chi connectivity index (χ2n) is 12.5. The van der Waals surface area contributed by atoms with Crippen molar-refractivity contribution in [2.24, 2.45) is 0 Å². The molecule has 1 heterocycles. The maximum Gasteiger partial charge on any atom is 0.243 e. The van der Waals surface area contributed by atoms with Gasteiger partial charge < -0.3 is 58.1 Å². The molecule has 4 amide bonds. The first-order valence-corrected chi connectivity index (χ1v) is 17.2. The minimum atomic E-state index is -1.12. The van der Waals surface area contributed by atoms with Crippen LogP contribution in [0.2, 0.25) is 0 Å². The van der Waals surface area contributed by atoms with E-state index in [0.29, 0.717) is 49.2 Å². The number of carbonyl (C=O) groups is 4. The molecule has 0 aromatic heterocycles. The molecule has 1 aliphatic heterocycles. The molecule has 276 valence electrons. The van der Waals surface area contributed by atoms with E-state index in [9.17, 15) is 29.4 Å². The Bertz CT molecular complexity index is 1440. The summed E-state index contributed by atoms with van der Waals surface area (Å²) in [6.07, 6.45) is 1.24. The Morgan fingerprint density at radius 2 is 1.44 bits per heavy atom. The van der Waals surface area contributed by atoms with Crippen molar-refractivity contribution in [2.75, 3.05) is 61.4 Å². The van der Waals surface area contributed by atoms with E-state index in [1.165, 1.54) is 6.07 Å². The maximum atomic E-state index is 13.8. The summed E-state index contributed by atoms with van der Waals surface area (Å²) in [4.78, 5) is 54.1. The fourth-order valence-electron chi connectivity index (χ4n) is 5.97. The van der Waals surface area contributed by atoms with Gasteiger partial charge in [0.2, 0.25) is 23.6 Å². The van der Waals surface area contributed by atoms with Crippen LogP contribution in [0.15, 0.2) is 36.4 Å². The fourth-order valence-corrected chi connectivity index (χ4v) is 5.97. The molecule has 0 saturated carbocycles. The molecule has 0 spiro atoms. The van der Waals surface area contributed by atoms with Gasteiger partial charge in [0, 0.05) is 32.5 Å². The summed E-state index contributed by atoms with van der Waals surface area (Å²) >= 11 is 0. The molecule has 0 fully saturated rings. The zero-order chi connectivity index (χ0) is 36.6. The number of aromatic hydroxyl groups is 2. The van der Waals surface area contributed by atoms with Crippen LogP contribution in [-0.2, 0) is 32.0 Å². The van der Waals surface area contributed by atoms with Crippen LogP contribution >= 0.6 is 0 Å². The summed E-state index contributed by atoms with van der Waals surface area (Å²) in [5, 5.41) is 48.2. The van der Waals surface area contributed by atoms with Gasteiger partial charge in [0.25, 0.3) is 0 Å². The molecule has 2 aromatic rings. The quantitative estimate of drug-likeness (QED) is 0.0902. The lowest BCUT2D eigenvalue weighted by atomic mass is 9.95. The standard InChI is InChI=1S/C35H55N9O6/c1-36-13-6-7-27-34(49)44-29(32(47)41-14-12-26(39-4)33(48)42-25(19-37-2)20-38-3)18-24-16-22(9-11-31(24)46)21-8-10-30(45)23(15-21)17-28(40-5)35(50)43-27/h8-11,15-16,25-29,36-40,45-46H,6-7,12-14,17-20H2,1-5H3,(H,41,47)(H,42,48)(H,43,50)(H,44,49)/t26?,27-,28-,29-/m0/s1. The van der Waals surface area contributed by atoms with Gasteiger partial charge in [-0.1, -0.05) is 12.1 Å². The number of hydrogen-bond acceptors (Lipinski definition) is 11. The minimum absolute atomic E-state index is 0.0268. The van der Waals surface area contributed by atoms with Crippen molar-refractivity contribution in [2.45, 2.75) is 62.3 Å². The second kappa shape index (κ2) is 20.4. The summed E-state index contributed by atoms with van der Waals surface area (Å²) in [5.41, 5.74) is 2.40. The number of nitrogens with one attached hydrogen (secondary N) is 9. The van der Waals surface area contributed by atoms with Gasteiger partial charge in [0.1, 0.15) is 23.6 Å². The number of fused-ring (bicyclic) bond motifs is 5. The third kappa shape index (κ3) is 11.7. The van der Waals surface area contributed by atoms with Gasteiger partial charge >= 0.3 is 0 Å². The average Bonchev–Trinajstić information content (AvgIpc) is 3.09. The van der Waals surface area contributed by atoms with Crippen LogP contribution in [0.3, 0.4) is 0 Å². The van der Waals surface area contributed by atoms with Crippen LogP contribution < -0.4 is 47.9 Å². The Kier molecular flexibility index (Phi) is 16.4. The lowest BCUT2D eigenvalue weighted by Gasteiger charge is -2.26. The van der Waals surface area contributed by atoms with E-state index in [0.717, 1.165) is 5.56 Å². The van der Waals surface area contributed by atoms with Crippen LogP contribution in [0.4, 0.5) is 0 Å². The third-order valence-corrected chi connectivity index (χ3v) is 8.84. The summed E-state index contributed by atoms with van der Waals surface area (Å²) in [6, 6.07) is 6.51. The van der Waals surface area contributed by atoms with Crippen LogP contribution in [0.25, 0.3) is 11.1 Å². The smallest absolute Gasteiger partial charge is 0.243 e. The number of phenolic OH excluding ortho intramolecular Hbond substituents is 2. The molecule has 0 aliphatic carbocycles.